The van der Waals surface area contributed by atoms with E-state index in [-0.39, 0.29) is 18.0 Å². The highest BCUT2D eigenvalue weighted by Crippen LogP contribution is 2.16. The van der Waals surface area contributed by atoms with E-state index in [9.17, 15) is 12.8 Å². The lowest BCUT2D eigenvalue weighted by Crippen LogP contribution is -2.26. The number of rotatable bonds is 7. The van der Waals surface area contributed by atoms with E-state index < -0.39 is 15.8 Å². The average molecular weight is 313 g/mol. The van der Waals surface area contributed by atoms with Crippen molar-refractivity contribution in [3.05, 3.63) is 41.7 Å². The molecule has 0 aliphatic rings. The third-order valence-corrected chi connectivity index (χ3v) is 4.43. The van der Waals surface area contributed by atoms with Crippen LogP contribution in [0.3, 0.4) is 0 Å². The molecule has 114 valence electrons. The smallest absolute Gasteiger partial charge is 0.240 e. The second kappa shape index (κ2) is 6.74. The molecule has 0 unspecified atom stereocenters. The van der Waals surface area contributed by atoms with Crippen molar-refractivity contribution in [3.63, 3.8) is 0 Å². The highest BCUT2D eigenvalue weighted by molar-refractivity contribution is 7.89. The normalized spacial score (nSPS) is 11.7. The Bertz CT molecular complexity index is 688. The van der Waals surface area contributed by atoms with Crippen LogP contribution in [-0.2, 0) is 23.0 Å². The predicted octanol–water partition coefficient (Wildman–Crippen LogP) is 0.314. The van der Waals surface area contributed by atoms with Crippen LogP contribution in [0.2, 0.25) is 0 Å². The summed E-state index contributed by atoms with van der Waals surface area (Å²) >= 11 is 0. The minimum atomic E-state index is -3.78. The second-order valence-corrected chi connectivity index (χ2v) is 6.13. The molecule has 2 rings (SSSR count). The Hall–Kier alpha value is -1.84. The average Bonchev–Trinajstić information content (AvgIpc) is 2.97. The lowest BCUT2D eigenvalue weighted by Gasteiger charge is -2.10. The number of hydrogen-bond donors (Lipinski definition) is 3. The molecule has 1 aromatic carbocycles. The summed E-state index contributed by atoms with van der Waals surface area (Å²) in [7, 11) is -3.78. The Morgan fingerprint density at radius 3 is 2.86 bits per heavy atom. The number of sulfonamides is 1. The van der Waals surface area contributed by atoms with E-state index in [2.05, 4.69) is 19.9 Å². The first-order valence-corrected chi connectivity index (χ1v) is 7.83. The molecule has 4 N–H and O–H groups in total. The number of aromatic amines is 1. The molecule has 1 aromatic heterocycles. The van der Waals surface area contributed by atoms with Crippen molar-refractivity contribution >= 4 is 10.0 Å². The van der Waals surface area contributed by atoms with Gasteiger partial charge in [-0.1, -0.05) is 6.07 Å². The summed E-state index contributed by atoms with van der Waals surface area (Å²) in [6.45, 7) is 0.234. The zero-order chi connectivity index (χ0) is 15.3. The minimum Gasteiger partial charge on any atom is -0.326 e. The van der Waals surface area contributed by atoms with E-state index in [0.717, 1.165) is 6.07 Å². The van der Waals surface area contributed by atoms with E-state index in [1.54, 1.807) is 0 Å². The van der Waals surface area contributed by atoms with Crippen molar-refractivity contribution in [1.82, 2.24) is 19.9 Å². The Morgan fingerprint density at radius 1 is 1.38 bits per heavy atom. The summed E-state index contributed by atoms with van der Waals surface area (Å²) in [4.78, 5) is 3.82. The number of H-pyrrole nitrogens is 1. The fraction of sp³-hybridized carbons (Fsp3) is 0.333. The van der Waals surface area contributed by atoms with E-state index in [1.165, 1.54) is 18.5 Å². The van der Waals surface area contributed by atoms with Gasteiger partial charge < -0.3 is 5.73 Å². The van der Waals surface area contributed by atoms with Crippen molar-refractivity contribution in [2.45, 2.75) is 24.3 Å². The van der Waals surface area contributed by atoms with Gasteiger partial charge in [-0.25, -0.2) is 22.5 Å². The zero-order valence-electron chi connectivity index (χ0n) is 11.2. The molecule has 2 aromatic rings. The number of nitrogens with zero attached hydrogens (tertiary/aromatic N) is 2. The monoisotopic (exact) mass is 313 g/mol. The standard InChI is InChI=1S/C12H16FN5O2S/c13-10-4-3-9(7-14)11(6-10)21(19,20)17-5-1-2-12-15-8-16-18-12/h3-4,6,8,17H,1-2,5,7,14H2,(H,15,16,18). The molecule has 0 fully saturated rings. The maximum atomic E-state index is 13.2. The molecule has 0 aliphatic carbocycles. The van der Waals surface area contributed by atoms with Gasteiger partial charge in [-0.05, 0) is 24.1 Å². The van der Waals surface area contributed by atoms with Crippen LogP contribution in [0.4, 0.5) is 4.39 Å². The van der Waals surface area contributed by atoms with Crippen molar-refractivity contribution in [2.75, 3.05) is 6.54 Å². The Kier molecular flexibility index (Phi) is 4.99. The van der Waals surface area contributed by atoms with Gasteiger partial charge in [0.1, 0.15) is 18.0 Å². The Morgan fingerprint density at radius 2 is 2.19 bits per heavy atom. The summed E-state index contributed by atoms with van der Waals surface area (Å²) in [5.74, 6) is 0.0665. The fourth-order valence-corrected chi connectivity index (χ4v) is 3.17. The molecule has 0 aliphatic heterocycles. The Balaban J connectivity index is 1.99. The molecule has 9 heteroatoms. The van der Waals surface area contributed by atoms with E-state index in [0.29, 0.717) is 24.2 Å². The van der Waals surface area contributed by atoms with Crippen LogP contribution < -0.4 is 10.5 Å². The Labute approximate surface area is 121 Å². The largest absolute Gasteiger partial charge is 0.326 e. The first kappa shape index (κ1) is 15.5. The van der Waals surface area contributed by atoms with Gasteiger partial charge in [0.05, 0.1) is 4.90 Å². The van der Waals surface area contributed by atoms with Crippen LogP contribution in [0, 0.1) is 5.82 Å². The van der Waals surface area contributed by atoms with Gasteiger partial charge in [0.15, 0.2) is 0 Å². The minimum absolute atomic E-state index is 0.0224. The van der Waals surface area contributed by atoms with Crippen LogP contribution in [0.5, 0.6) is 0 Å². The summed E-state index contributed by atoms with van der Waals surface area (Å²) in [6.07, 6.45) is 2.50. The second-order valence-electron chi connectivity index (χ2n) is 4.39. The maximum Gasteiger partial charge on any atom is 0.240 e. The van der Waals surface area contributed by atoms with Crippen LogP contribution >= 0.6 is 0 Å². The van der Waals surface area contributed by atoms with E-state index in [1.807, 2.05) is 0 Å². The van der Waals surface area contributed by atoms with Gasteiger partial charge in [-0.3, -0.25) is 5.10 Å². The molecule has 0 radical (unpaired) electrons. The molecule has 0 saturated carbocycles. The fourth-order valence-electron chi connectivity index (χ4n) is 1.84. The molecule has 0 atom stereocenters. The number of benzene rings is 1. The maximum absolute atomic E-state index is 13.2. The van der Waals surface area contributed by atoms with Crippen LogP contribution in [0.25, 0.3) is 0 Å². The van der Waals surface area contributed by atoms with Crippen molar-refractivity contribution < 1.29 is 12.8 Å². The van der Waals surface area contributed by atoms with Gasteiger partial charge in [-0.15, -0.1) is 0 Å². The summed E-state index contributed by atoms with van der Waals surface area (Å²) in [5.41, 5.74) is 5.86. The van der Waals surface area contributed by atoms with Crippen molar-refractivity contribution in [3.8, 4) is 0 Å². The van der Waals surface area contributed by atoms with Gasteiger partial charge in [0, 0.05) is 19.5 Å². The molecule has 21 heavy (non-hydrogen) atoms. The molecule has 0 spiro atoms. The number of hydrogen-bond acceptors (Lipinski definition) is 5. The van der Waals surface area contributed by atoms with Crippen molar-refractivity contribution in [2.24, 2.45) is 5.73 Å². The van der Waals surface area contributed by atoms with Crippen LogP contribution in [0.1, 0.15) is 17.8 Å². The topological polar surface area (TPSA) is 114 Å². The highest BCUT2D eigenvalue weighted by atomic mass is 32.2. The first-order chi connectivity index (χ1) is 10.0. The molecule has 7 nitrogen and oxygen atoms in total. The van der Waals surface area contributed by atoms with E-state index in [4.69, 9.17) is 5.73 Å². The van der Waals surface area contributed by atoms with Crippen LogP contribution in [0.15, 0.2) is 29.4 Å². The predicted molar refractivity (Wildman–Crippen MR) is 74.2 cm³/mol. The van der Waals surface area contributed by atoms with Gasteiger partial charge >= 0.3 is 0 Å². The molecule has 0 amide bonds. The first-order valence-electron chi connectivity index (χ1n) is 6.35. The van der Waals surface area contributed by atoms with E-state index >= 15 is 0 Å². The third-order valence-electron chi connectivity index (χ3n) is 2.89. The van der Waals surface area contributed by atoms with Gasteiger partial charge in [0.2, 0.25) is 10.0 Å². The molecule has 1 heterocycles. The number of aryl methyl sites for hydroxylation is 1. The summed E-state index contributed by atoms with van der Waals surface area (Å²) in [5, 5.41) is 6.39. The number of halogens is 1. The third kappa shape index (κ3) is 4.06. The molecule has 0 saturated heterocycles. The zero-order valence-corrected chi connectivity index (χ0v) is 12.0. The molecule has 0 bridgehead atoms. The summed E-state index contributed by atoms with van der Waals surface area (Å²) in [6, 6.07) is 3.53. The number of aromatic nitrogens is 3. The quantitative estimate of drug-likeness (QED) is 0.637. The van der Waals surface area contributed by atoms with Crippen LogP contribution in [-0.4, -0.2) is 30.1 Å². The van der Waals surface area contributed by atoms with Gasteiger partial charge in [-0.2, -0.15) is 5.10 Å². The number of nitrogens with one attached hydrogen (secondary N) is 2. The number of nitrogens with two attached hydrogens (primary N) is 1. The molecular weight excluding hydrogens is 297 g/mol. The van der Waals surface area contributed by atoms with Crippen molar-refractivity contribution in [1.29, 1.82) is 0 Å². The highest BCUT2D eigenvalue weighted by Gasteiger charge is 2.18. The van der Waals surface area contributed by atoms with Gasteiger partial charge in [0.25, 0.3) is 0 Å². The lowest BCUT2D eigenvalue weighted by atomic mass is 10.2. The molecular formula is C12H16FN5O2S. The SMILES string of the molecule is NCc1ccc(F)cc1S(=O)(=O)NCCCc1ncn[nH]1. The lowest BCUT2D eigenvalue weighted by molar-refractivity contribution is 0.573. The summed E-state index contributed by atoms with van der Waals surface area (Å²) < 4.78 is 40.0.